The van der Waals surface area contributed by atoms with E-state index in [0.29, 0.717) is 5.75 Å². The molecule has 3 heteroatoms. The minimum absolute atomic E-state index is 0.142. The molecule has 2 rings (SSSR count). The summed E-state index contributed by atoms with van der Waals surface area (Å²) in [5, 5.41) is 0. The maximum Gasteiger partial charge on any atom is 0.155 e. The second-order valence-electron chi connectivity index (χ2n) is 4.01. The van der Waals surface area contributed by atoms with Gasteiger partial charge >= 0.3 is 0 Å². The van der Waals surface area contributed by atoms with Crippen LogP contribution in [0, 0.1) is 5.82 Å². The number of hydrogen-bond donors (Lipinski definition) is 1. The number of hydrogen-bond acceptors (Lipinski definition) is 2. The molecule has 0 bridgehead atoms. The lowest BCUT2D eigenvalue weighted by atomic mass is 9.97. The van der Waals surface area contributed by atoms with Crippen molar-refractivity contribution in [1.82, 2.24) is 5.48 Å². The molecule has 1 heterocycles. The zero-order chi connectivity index (χ0) is 10.3. The molecular formula is C11H14FNO. The van der Waals surface area contributed by atoms with Crippen molar-refractivity contribution < 1.29 is 9.23 Å². The standard InChI is InChI=1S/C11H14FNO/c1-6(2)8-4-9-7(3)13-14-11(9)5-10(8)12/h4-7,13H,1-3H3. The van der Waals surface area contributed by atoms with Gasteiger partial charge < -0.3 is 4.84 Å². The maximum atomic E-state index is 13.5. The van der Waals surface area contributed by atoms with Crippen molar-refractivity contribution in [3.8, 4) is 5.75 Å². The van der Waals surface area contributed by atoms with Gasteiger partial charge in [-0.25, -0.2) is 4.39 Å². The predicted octanol–water partition coefficient (Wildman–Crippen LogP) is 2.91. The third-order valence-corrected chi connectivity index (χ3v) is 2.56. The van der Waals surface area contributed by atoms with Gasteiger partial charge in [0.15, 0.2) is 5.75 Å². The molecule has 1 aliphatic heterocycles. The van der Waals surface area contributed by atoms with Crippen LogP contribution in [0.1, 0.15) is 43.9 Å². The van der Waals surface area contributed by atoms with Crippen LogP contribution in [0.5, 0.6) is 5.75 Å². The van der Waals surface area contributed by atoms with E-state index in [4.69, 9.17) is 4.84 Å². The summed E-state index contributed by atoms with van der Waals surface area (Å²) in [4.78, 5) is 5.14. The first-order valence-electron chi connectivity index (χ1n) is 4.85. The average Bonchev–Trinajstić information content (AvgIpc) is 2.46. The number of benzene rings is 1. The lowest BCUT2D eigenvalue weighted by Gasteiger charge is -2.09. The highest BCUT2D eigenvalue weighted by molar-refractivity contribution is 5.42. The minimum atomic E-state index is -0.186. The fourth-order valence-electron chi connectivity index (χ4n) is 1.67. The molecule has 0 saturated carbocycles. The number of rotatable bonds is 1. The summed E-state index contributed by atoms with van der Waals surface area (Å²) in [6.45, 7) is 5.96. The fourth-order valence-corrected chi connectivity index (χ4v) is 1.67. The summed E-state index contributed by atoms with van der Waals surface area (Å²) < 4.78 is 13.5. The van der Waals surface area contributed by atoms with Gasteiger partial charge in [0.2, 0.25) is 0 Å². The van der Waals surface area contributed by atoms with E-state index in [0.717, 1.165) is 11.1 Å². The number of nitrogens with one attached hydrogen (secondary N) is 1. The van der Waals surface area contributed by atoms with Crippen LogP contribution in [0.25, 0.3) is 0 Å². The molecule has 1 aliphatic rings. The largest absolute Gasteiger partial charge is 0.408 e. The summed E-state index contributed by atoms with van der Waals surface area (Å²) in [5.41, 5.74) is 4.60. The highest BCUT2D eigenvalue weighted by atomic mass is 19.1. The third-order valence-electron chi connectivity index (χ3n) is 2.56. The molecule has 0 spiro atoms. The van der Waals surface area contributed by atoms with Crippen molar-refractivity contribution in [3.05, 3.63) is 29.1 Å². The quantitative estimate of drug-likeness (QED) is 0.744. The van der Waals surface area contributed by atoms with Gasteiger partial charge in [0.25, 0.3) is 0 Å². The van der Waals surface area contributed by atoms with E-state index in [1.165, 1.54) is 6.07 Å². The van der Waals surface area contributed by atoms with Crippen molar-refractivity contribution in [1.29, 1.82) is 0 Å². The first kappa shape index (κ1) is 9.46. The van der Waals surface area contributed by atoms with Gasteiger partial charge in [-0.2, -0.15) is 0 Å². The third kappa shape index (κ3) is 1.38. The Balaban J connectivity index is 2.51. The van der Waals surface area contributed by atoms with Crippen molar-refractivity contribution in [3.63, 3.8) is 0 Å². The Hall–Kier alpha value is -1.09. The molecule has 0 amide bonds. The molecule has 2 nitrogen and oxygen atoms in total. The summed E-state index contributed by atoms with van der Waals surface area (Å²) in [7, 11) is 0. The van der Waals surface area contributed by atoms with Gasteiger partial charge in [-0.15, -0.1) is 5.48 Å². The highest BCUT2D eigenvalue weighted by Gasteiger charge is 2.23. The van der Waals surface area contributed by atoms with Crippen molar-refractivity contribution >= 4 is 0 Å². The van der Waals surface area contributed by atoms with Crippen molar-refractivity contribution in [2.45, 2.75) is 32.7 Å². The smallest absolute Gasteiger partial charge is 0.155 e. The van der Waals surface area contributed by atoms with Crippen LogP contribution in [-0.4, -0.2) is 0 Å². The first-order chi connectivity index (χ1) is 6.59. The second kappa shape index (κ2) is 3.24. The molecule has 14 heavy (non-hydrogen) atoms. The van der Waals surface area contributed by atoms with Crippen LogP contribution in [0.15, 0.2) is 12.1 Å². The van der Waals surface area contributed by atoms with Crippen LogP contribution >= 0.6 is 0 Å². The van der Waals surface area contributed by atoms with E-state index in [9.17, 15) is 4.39 Å². The van der Waals surface area contributed by atoms with Gasteiger partial charge in [0, 0.05) is 11.6 Å². The molecule has 1 N–H and O–H groups in total. The van der Waals surface area contributed by atoms with Gasteiger partial charge in [0.1, 0.15) is 5.82 Å². The first-order valence-corrected chi connectivity index (χ1v) is 4.85. The fraction of sp³-hybridized carbons (Fsp3) is 0.455. The molecule has 1 aromatic rings. The van der Waals surface area contributed by atoms with Crippen LogP contribution in [0.4, 0.5) is 4.39 Å². The SMILES string of the molecule is CC(C)c1cc2c(cc1F)ONC2C. The van der Waals surface area contributed by atoms with Gasteiger partial charge in [-0.3, -0.25) is 0 Å². The van der Waals surface area contributed by atoms with Crippen LogP contribution in [-0.2, 0) is 0 Å². The van der Waals surface area contributed by atoms with E-state index >= 15 is 0 Å². The molecule has 0 aliphatic carbocycles. The minimum Gasteiger partial charge on any atom is -0.408 e. The summed E-state index contributed by atoms with van der Waals surface area (Å²) in [6, 6.07) is 3.49. The molecule has 0 saturated heterocycles. The van der Waals surface area contributed by atoms with Crippen molar-refractivity contribution in [2.24, 2.45) is 0 Å². The zero-order valence-electron chi connectivity index (χ0n) is 8.60. The molecule has 76 valence electrons. The van der Waals surface area contributed by atoms with Gasteiger partial charge in [0.05, 0.1) is 6.04 Å². The Labute approximate surface area is 83.0 Å². The molecule has 1 atom stereocenters. The van der Waals surface area contributed by atoms with E-state index < -0.39 is 0 Å². The normalized spacial score (nSPS) is 19.6. The monoisotopic (exact) mass is 195 g/mol. The Morgan fingerprint density at radius 1 is 1.43 bits per heavy atom. The number of halogens is 1. The van der Waals surface area contributed by atoms with Crippen LogP contribution in [0.3, 0.4) is 0 Å². The van der Waals surface area contributed by atoms with E-state index in [-0.39, 0.29) is 17.8 Å². The number of hydroxylamine groups is 1. The average molecular weight is 195 g/mol. The Morgan fingerprint density at radius 3 is 2.79 bits per heavy atom. The molecule has 1 aromatic carbocycles. The summed E-state index contributed by atoms with van der Waals surface area (Å²) in [5.74, 6) is 0.627. The Morgan fingerprint density at radius 2 is 2.14 bits per heavy atom. The van der Waals surface area contributed by atoms with Crippen molar-refractivity contribution in [2.75, 3.05) is 0 Å². The molecule has 0 fully saturated rings. The molecular weight excluding hydrogens is 181 g/mol. The van der Waals surface area contributed by atoms with Gasteiger partial charge in [-0.05, 0) is 24.5 Å². The van der Waals surface area contributed by atoms with Gasteiger partial charge in [-0.1, -0.05) is 13.8 Å². The lowest BCUT2D eigenvalue weighted by molar-refractivity contribution is 0.200. The Kier molecular flexibility index (Phi) is 2.19. The van der Waals surface area contributed by atoms with E-state index in [2.05, 4.69) is 5.48 Å². The lowest BCUT2D eigenvalue weighted by Crippen LogP contribution is -2.13. The van der Waals surface area contributed by atoms with E-state index in [1.807, 2.05) is 26.8 Å². The van der Waals surface area contributed by atoms with Crippen LogP contribution in [0.2, 0.25) is 0 Å². The van der Waals surface area contributed by atoms with E-state index in [1.54, 1.807) is 0 Å². The second-order valence-corrected chi connectivity index (χ2v) is 4.01. The maximum absolute atomic E-state index is 13.5. The Bertz CT molecular complexity index is 362. The van der Waals surface area contributed by atoms with Crippen LogP contribution < -0.4 is 10.3 Å². The summed E-state index contributed by atoms with van der Waals surface area (Å²) in [6.07, 6.45) is 0. The molecule has 1 unspecified atom stereocenters. The molecule has 0 radical (unpaired) electrons. The predicted molar refractivity (Wildman–Crippen MR) is 52.7 cm³/mol. The zero-order valence-corrected chi connectivity index (χ0v) is 8.60. The molecule has 0 aromatic heterocycles. The topological polar surface area (TPSA) is 21.3 Å². The summed E-state index contributed by atoms with van der Waals surface area (Å²) >= 11 is 0. The highest BCUT2D eigenvalue weighted by Crippen LogP contribution is 2.34. The number of fused-ring (bicyclic) bond motifs is 1.